The number of halogens is 1. The van der Waals surface area contributed by atoms with Crippen LogP contribution in [0.3, 0.4) is 0 Å². The maximum absolute atomic E-state index is 13.5. The second kappa shape index (κ2) is 3.95. The summed E-state index contributed by atoms with van der Waals surface area (Å²) in [4.78, 5) is 4.25. The highest BCUT2D eigenvalue weighted by molar-refractivity contribution is 5.36. The summed E-state index contributed by atoms with van der Waals surface area (Å²) in [5.74, 6) is 0.725. The summed E-state index contributed by atoms with van der Waals surface area (Å²) in [6.45, 7) is 6.83. The molecule has 1 aromatic heterocycles. The number of alkyl halides is 1. The molecule has 0 fully saturated rings. The minimum Gasteiger partial charge on any atom is -0.364 e. The summed E-state index contributed by atoms with van der Waals surface area (Å²) in [6.07, 6.45) is 0. The molecule has 0 aliphatic carbocycles. The highest BCUT2D eigenvalue weighted by atomic mass is 19.1. The zero-order valence-electron chi connectivity index (χ0n) is 9.13. The molecule has 0 unspecified atom stereocenters. The third kappa shape index (κ3) is 2.98. The predicted molar refractivity (Wildman–Crippen MR) is 57.2 cm³/mol. The van der Waals surface area contributed by atoms with Crippen LogP contribution in [0, 0.1) is 6.92 Å². The second-order valence-electron chi connectivity index (χ2n) is 4.09. The van der Waals surface area contributed by atoms with Gasteiger partial charge in [-0.05, 0) is 39.8 Å². The molecule has 1 aromatic rings. The van der Waals surface area contributed by atoms with E-state index in [4.69, 9.17) is 0 Å². The van der Waals surface area contributed by atoms with Gasteiger partial charge in [-0.15, -0.1) is 0 Å². The second-order valence-corrected chi connectivity index (χ2v) is 4.09. The molecule has 0 saturated carbocycles. The number of hydrogen-bond acceptors (Lipinski definition) is 2. The van der Waals surface area contributed by atoms with Crippen molar-refractivity contribution >= 4 is 5.82 Å². The molecule has 0 aliphatic rings. The van der Waals surface area contributed by atoms with Gasteiger partial charge in [0.25, 0.3) is 0 Å². The smallest absolute Gasteiger partial charge is 0.126 e. The molecule has 14 heavy (non-hydrogen) atoms. The first-order valence-corrected chi connectivity index (χ1v) is 4.78. The van der Waals surface area contributed by atoms with Crippen LogP contribution in [0.1, 0.15) is 26.5 Å². The van der Waals surface area contributed by atoms with Crippen LogP contribution < -0.4 is 5.32 Å². The Bertz CT molecular complexity index is 304. The van der Waals surface area contributed by atoms with Gasteiger partial charge in [-0.3, -0.25) is 0 Å². The molecule has 2 nitrogen and oxygen atoms in total. The molecule has 1 atom stereocenters. The summed E-state index contributed by atoms with van der Waals surface area (Å²) >= 11 is 0. The molecule has 78 valence electrons. The molecule has 0 aliphatic heterocycles. The van der Waals surface area contributed by atoms with E-state index in [0.717, 1.165) is 11.5 Å². The van der Waals surface area contributed by atoms with Crippen LogP contribution in [0.2, 0.25) is 0 Å². The van der Waals surface area contributed by atoms with Gasteiger partial charge >= 0.3 is 0 Å². The third-order valence-electron chi connectivity index (χ3n) is 2.28. The van der Waals surface area contributed by atoms with E-state index in [1.807, 2.05) is 32.0 Å². The first kappa shape index (κ1) is 11.0. The lowest BCUT2D eigenvalue weighted by Gasteiger charge is -2.24. The topological polar surface area (TPSA) is 24.9 Å². The van der Waals surface area contributed by atoms with E-state index in [-0.39, 0.29) is 6.04 Å². The molecule has 0 spiro atoms. The number of rotatable bonds is 3. The molecule has 1 N–H and O–H groups in total. The lowest BCUT2D eigenvalue weighted by atomic mass is 10.0. The van der Waals surface area contributed by atoms with Crippen molar-refractivity contribution in [3.05, 3.63) is 23.9 Å². The van der Waals surface area contributed by atoms with E-state index in [1.165, 1.54) is 0 Å². The van der Waals surface area contributed by atoms with Gasteiger partial charge in [0.15, 0.2) is 0 Å². The minimum absolute atomic E-state index is 0.253. The molecule has 1 heterocycles. The Hall–Kier alpha value is -1.12. The fourth-order valence-electron chi connectivity index (χ4n) is 1.02. The van der Waals surface area contributed by atoms with E-state index in [0.29, 0.717) is 0 Å². The Balaban J connectivity index is 2.70. The third-order valence-corrected chi connectivity index (χ3v) is 2.28. The fraction of sp³-hybridized carbons (Fsp3) is 0.545. The van der Waals surface area contributed by atoms with Crippen LogP contribution in [0.15, 0.2) is 18.2 Å². The first-order chi connectivity index (χ1) is 6.39. The van der Waals surface area contributed by atoms with Crippen molar-refractivity contribution in [2.24, 2.45) is 0 Å². The Morgan fingerprint density at radius 1 is 1.43 bits per heavy atom. The van der Waals surface area contributed by atoms with Gasteiger partial charge in [-0.25, -0.2) is 9.37 Å². The SMILES string of the molecule is Cc1cccc(N[C@H](C)C(C)(C)F)n1. The molecular formula is C11H17FN2. The van der Waals surface area contributed by atoms with E-state index in [9.17, 15) is 4.39 Å². The number of aromatic nitrogens is 1. The molecule has 0 amide bonds. The Morgan fingerprint density at radius 3 is 2.57 bits per heavy atom. The molecule has 0 bridgehead atoms. The van der Waals surface area contributed by atoms with Gasteiger partial charge < -0.3 is 5.32 Å². The Labute approximate surface area is 84.6 Å². The number of pyridine rings is 1. The number of aryl methyl sites for hydroxylation is 1. The van der Waals surface area contributed by atoms with Crippen LogP contribution in [0.5, 0.6) is 0 Å². The van der Waals surface area contributed by atoms with Gasteiger partial charge in [-0.1, -0.05) is 6.07 Å². The van der Waals surface area contributed by atoms with Crippen molar-refractivity contribution in [3.8, 4) is 0 Å². The Kier molecular flexibility index (Phi) is 3.09. The highest BCUT2D eigenvalue weighted by Crippen LogP contribution is 2.17. The number of hydrogen-bond donors (Lipinski definition) is 1. The van der Waals surface area contributed by atoms with Gasteiger partial charge in [0.2, 0.25) is 0 Å². The molecule has 3 heteroatoms. The van der Waals surface area contributed by atoms with Crippen LogP contribution >= 0.6 is 0 Å². The van der Waals surface area contributed by atoms with E-state index < -0.39 is 5.67 Å². The number of nitrogens with one attached hydrogen (secondary N) is 1. The lowest BCUT2D eigenvalue weighted by Crippen LogP contribution is -2.35. The summed E-state index contributed by atoms with van der Waals surface area (Å²) in [5, 5.41) is 3.04. The van der Waals surface area contributed by atoms with Crippen molar-refractivity contribution in [2.45, 2.75) is 39.4 Å². The van der Waals surface area contributed by atoms with Gasteiger partial charge in [0.1, 0.15) is 11.5 Å². The van der Waals surface area contributed by atoms with Crippen molar-refractivity contribution in [3.63, 3.8) is 0 Å². The molecule has 1 rings (SSSR count). The van der Waals surface area contributed by atoms with E-state index in [2.05, 4.69) is 10.3 Å². The zero-order chi connectivity index (χ0) is 10.8. The largest absolute Gasteiger partial charge is 0.364 e. The van der Waals surface area contributed by atoms with Crippen LogP contribution in [-0.4, -0.2) is 16.7 Å². The fourth-order valence-corrected chi connectivity index (χ4v) is 1.02. The Morgan fingerprint density at radius 2 is 2.07 bits per heavy atom. The minimum atomic E-state index is -1.24. The monoisotopic (exact) mass is 196 g/mol. The predicted octanol–water partition coefficient (Wildman–Crippen LogP) is 2.94. The maximum atomic E-state index is 13.5. The van der Waals surface area contributed by atoms with E-state index in [1.54, 1.807) is 13.8 Å². The van der Waals surface area contributed by atoms with Gasteiger partial charge in [-0.2, -0.15) is 0 Å². The van der Waals surface area contributed by atoms with Crippen LogP contribution in [0.4, 0.5) is 10.2 Å². The van der Waals surface area contributed by atoms with Gasteiger partial charge in [0.05, 0.1) is 6.04 Å². The van der Waals surface area contributed by atoms with Crippen LogP contribution in [0.25, 0.3) is 0 Å². The van der Waals surface area contributed by atoms with Gasteiger partial charge in [0, 0.05) is 5.69 Å². The van der Waals surface area contributed by atoms with Crippen molar-refractivity contribution < 1.29 is 4.39 Å². The average Bonchev–Trinajstić information content (AvgIpc) is 2.02. The standard InChI is InChI=1S/C11H17FN2/c1-8-6-5-7-10(13-8)14-9(2)11(3,4)12/h5-7,9H,1-4H3,(H,13,14)/t9-/m1/s1. The molecule has 0 saturated heterocycles. The van der Waals surface area contributed by atoms with Crippen molar-refractivity contribution in [1.82, 2.24) is 4.98 Å². The maximum Gasteiger partial charge on any atom is 0.126 e. The van der Waals surface area contributed by atoms with Crippen LogP contribution in [-0.2, 0) is 0 Å². The highest BCUT2D eigenvalue weighted by Gasteiger charge is 2.24. The first-order valence-electron chi connectivity index (χ1n) is 4.78. The number of anilines is 1. The zero-order valence-corrected chi connectivity index (χ0v) is 9.13. The lowest BCUT2D eigenvalue weighted by molar-refractivity contribution is 0.192. The molecule has 0 aromatic carbocycles. The summed E-state index contributed by atoms with van der Waals surface area (Å²) in [7, 11) is 0. The average molecular weight is 196 g/mol. The normalized spacial score (nSPS) is 13.8. The van der Waals surface area contributed by atoms with E-state index >= 15 is 0 Å². The number of nitrogens with zero attached hydrogens (tertiary/aromatic N) is 1. The summed E-state index contributed by atoms with van der Waals surface area (Å²) < 4.78 is 13.5. The summed E-state index contributed by atoms with van der Waals surface area (Å²) in [5.41, 5.74) is -0.315. The molecular weight excluding hydrogens is 179 g/mol. The van der Waals surface area contributed by atoms with Crippen molar-refractivity contribution in [2.75, 3.05) is 5.32 Å². The molecule has 0 radical (unpaired) electrons. The van der Waals surface area contributed by atoms with Crippen molar-refractivity contribution in [1.29, 1.82) is 0 Å². The summed E-state index contributed by atoms with van der Waals surface area (Å²) in [6, 6.07) is 5.41. The quantitative estimate of drug-likeness (QED) is 0.804.